The number of benzene rings is 1. The second kappa shape index (κ2) is 25.1. The van der Waals surface area contributed by atoms with Crippen LogP contribution in [0.1, 0.15) is 137 Å². The van der Waals surface area contributed by atoms with Crippen LogP contribution in [-0.2, 0) is 19.6 Å². The van der Waals surface area contributed by atoms with E-state index in [2.05, 4.69) is 32.1 Å². The Bertz CT molecular complexity index is 1020. The van der Waals surface area contributed by atoms with Crippen LogP contribution in [0.25, 0.3) is 0 Å². The van der Waals surface area contributed by atoms with Gasteiger partial charge in [0.15, 0.2) is 0 Å². The second-order valence-electron chi connectivity index (χ2n) is 10.0. The summed E-state index contributed by atoms with van der Waals surface area (Å²) in [4.78, 5) is 24.7. The van der Waals surface area contributed by atoms with Crippen LogP contribution in [0, 0.1) is 0 Å². The molecule has 41 heavy (non-hydrogen) atoms. The molecular formula is C32H49NaO7S. The third-order valence-electron chi connectivity index (χ3n) is 6.50. The molecule has 9 heteroatoms. The average Bonchev–Trinajstić information content (AvgIpc) is 2.93. The Hall–Kier alpha value is -1.45. The fourth-order valence-electron chi connectivity index (χ4n) is 4.21. The van der Waals surface area contributed by atoms with Gasteiger partial charge in [0.1, 0.15) is 10.1 Å². The molecule has 1 rings (SSSR count). The van der Waals surface area contributed by atoms with Crippen LogP contribution in [-0.4, -0.2) is 38.1 Å². The van der Waals surface area contributed by atoms with E-state index in [4.69, 9.17) is 9.47 Å². The summed E-state index contributed by atoms with van der Waals surface area (Å²) in [5, 5.41) is 0. The largest absolute Gasteiger partial charge is 1.00 e. The molecule has 0 fully saturated rings. The topological polar surface area (TPSA) is 110 Å². The molecule has 0 aromatic heterocycles. The normalized spacial score (nSPS) is 11.6. The van der Waals surface area contributed by atoms with E-state index >= 15 is 0 Å². The fourth-order valence-corrected chi connectivity index (χ4v) is 4.89. The van der Waals surface area contributed by atoms with Crippen molar-refractivity contribution in [2.45, 2.75) is 121 Å². The maximum absolute atomic E-state index is 12.8. The van der Waals surface area contributed by atoms with Crippen LogP contribution in [0.3, 0.4) is 0 Å². The smallest absolute Gasteiger partial charge is 0.744 e. The summed E-state index contributed by atoms with van der Waals surface area (Å²) >= 11 is 0. The third-order valence-corrected chi connectivity index (χ3v) is 7.38. The number of allylic oxidation sites excluding steroid dienone is 4. The molecule has 1 aromatic carbocycles. The molecule has 0 saturated carbocycles. The first-order valence-corrected chi connectivity index (χ1v) is 16.5. The number of hydrogen-bond donors (Lipinski definition) is 0. The van der Waals surface area contributed by atoms with Gasteiger partial charge in [-0.2, -0.15) is 0 Å². The molecule has 0 bridgehead atoms. The first-order chi connectivity index (χ1) is 19.3. The number of ether oxygens (including phenoxy) is 2. The van der Waals surface area contributed by atoms with Gasteiger partial charge in [0.25, 0.3) is 0 Å². The van der Waals surface area contributed by atoms with Crippen molar-refractivity contribution in [1.29, 1.82) is 0 Å². The minimum absolute atomic E-state index is 0. The monoisotopic (exact) mass is 600 g/mol. The Labute approximate surface area is 270 Å². The van der Waals surface area contributed by atoms with Crippen LogP contribution in [0.4, 0.5) is 0 Å². The van der Waals surface area contributed by atoms with Crippen molar-refractivity contribution in [3.63, 3.8) is 0 Å². The van der Waals surface area contributed by atoms with Crippen molar-refractivity contribution in [2.24, 2.45) is 0 Å². The van der Waals surface area contributed by atoms with Gasteiger partial charge in [-0.3, -0.25) is 0 Å². The number of hydrogen-bond acceptors (Lipinski definition) is 7. The van der Waals surface area contributed by atoms with Crippen LogP contribution < -0.4 is 29.6 Å². The van der Waals surface area contributed by atoms with Gasteiger partial charge < -0.3 is 14.0 Å². The third kappa shape index (κ3) is 18.6. The number of unbranched alkanes of at least 4 members (excludes halogenated alkanes) is 12. The summed E-state index contributed by atoms with van der Waals surface area (Å²) in [5.41, 5.74) is -0.847. The average molecular weight is 601 g/mol. The standard InChI is InChI=1S/C32H50O7S.Na/c1-3-5-7-9-11-13-15-17-19-21-26-38-31(33)28-24-23-25-29(40(35,36)37)30(28)32(34)39-27-22-20-18-16-14-12-10-8-6-4-2;/h15-18,23-25H,3-14,19-22,26-27H2,1-2H3,(H,35,36,37);/q;+1/p-1/b17-15+,18-16+;. The van der Waals surface area contributed by atoms with Gasteiger partial charge >= 0.3 is 41.5 Å². The van der Waals surface area contributed by atoms with Crippen LogP contribution in [0.15, 0.2) is 47.4 Å². The molecule has 0 radical (unpaired) electrons. The van der Waals surface area contributed by atoms with E-state index in [1.807, 2.05) is 6.08 Å². The van der Waals surface area contributed by atoms with Crippen molar-refractivity contribution in [2.75, 3.05) is 13.2 Å². The second-order valence-corrected chi connectivity index (χ2v) is 11.4. The van der Waals surface area contributed by atoms with E-state index in [0.29, 0.717) is 19.3 Å². The number of carbonyl (C=O) groups excluding carboxylic acids is 2. The fraction of sp³-hybridized carbons (Fsp3) is 0.625. The van der Waals surface area contributed by atoms with E-state index < -0.39 is 32.5 Å². The molecule has 0 unspecified atom stereocenters. The molecule has 7 nitrogen and oxygen atoms in total. The van der Waals surface area contributed by atoms with Gasteiger partial charge in [-0.1, -0.05) is 95.6 Å². The Morgan fingerprint density at radius 1 is 0.683 bits per heavy atom. The van der Waals surface area contributed by atoms with Crippen LogP contribution >= 0.6 is 0 Å². The van der Waals surface area contributed by atoms with Crippen molar-refractivity contribution in [3.8, 4) is 0 Å². The van der Waals surface area contributed by atoms with Crippen LogP contribution in [0.2, 0.25) is 0 Å². The maximum Gasteiger partial charge on any atom is 1.00 e. The zero-order chi connectivity index (χ0) is 29.5. The van der Waals surface area contributed by atoms with Gasteiger partial charge in [0.2, 0.25) is 0 Å². The van der Waals surface area contributed by atoms with E-state index in [0.717, 1.165) is 31.7 Å². The molecule has 0 aliphatic carbocycles. The predicted octanol–water partition coefficient (Wildman–Crippen LogP) is 5.30. The summed E-state index contributed by atoms with van der Waals surface area (Å²) in [6.45, 7) is 4.52. The number of rotatable bonds is 23. The minimum atomic E-state index is -5.01. The molecule has 0 amide bonds. The molecule has 0 spiro atoms. The maximum atomic E-state index is 12.8. The summed E-state index contributed by atoms with van der Waals surface area (Å²) in [5.74, 6) is -1.89. The molecule has 0 saturated heterocycles. The van der Waals surface area contributed by atoms with E-state index in [1.54, 1.807) is 0 Å². The molecule has 0 heterocycles. The summed E-state index contributed by atoms with van der Waals surface area (Å²) in [6, 6.07) is 3.52. The Kier molecular flexibility index (Phi) is 24.2. The Balaban J connectivity index is 0.0000160. The summed E-state index contributed by atoms with van der Waals surface area (Å²) in [7, 11) is -5.01. The van der Waals surface area contributed by atoms with Gasteiger partial charge in [0, 0.05) is 0 Å². The summed E-state index contributed by atoms with van der Waals surface area (Å²) < 4.78 is 46.0. The van der Waals surface area contributed by atoms with Crippen molar-refractivity contribution in [1.82, 2.24) is 0 Å². The van der Waals surface area contributed by atoms with Crippen molar-refractivity contribution < 1.29 is 61.6 Å². The SMILES string of the molecule is CCCCCCC/C=C/CCCOC(=O)c1cccc(S(=O)(=O)[O-])c1C(=O)OCCC/C=C/CCCCCCC.[Na+]. The molecule has 1 aromatic rings. The van der Waals surface area contributed by atoms with E-state index in [-0.39, 0.29) is 48.3 Å². The van der Waals surface area contributed by atoms with Gasteiger partial charge in [-0.25, -0.2) is 18.0 Å². The first-order valence-electron chi connectivity index (χ1n) is 15.1. The predicted molar refractivity (Wildman–Crippen MR) is 158 cm³/mol. The molecule has 0 aliphatic heterocycles. The molecule has 0 N–H and O–H groups in total. The first kappa shape index (κ1) is 39.5. The van der Waals surface area contributed by atoms with Crippen molar-refractivity contribution >= 4 is 22.1 Å². The van der Waals surface area contributed by atoms with E-state index in [9.17, 15) is 22.6 Å². The van der Waals surface area contributed by atoms with Gasteiger partial charge in [-0.15, -0.1) is 0 Å². The Morgan fingerprint density at radius 3 is 1.59 bits per heavy atom. The quantitative estimate of drug-likeness (QED) is 0.0551. The molecule has 0 aliphatic rings. The minimum Gasteiger partial charge on any atom is -0.744 e. The summed E-state index contributed by atoms with van der Waals surface area (Å²) in [6.07, 6.45) is 25.2. The molecule has 226 valence electrons. The van der Waals surface area contributed by atoms with Gasteiger partial charge in [-0.05, 0) is 63.5 Å². The number of esters is 2. The molecule has 0 atom stereocenters. The zero-order valence-corrected chi connectivity index (χ0v) is 28.4. The molecular weight excluding hydrogens is 551 g/mol. The number of carbonyl (C=O) groups is 2. The van der Waals surface area contributed by atoms with Crippen LogP contribution in [0.5, 0.6) is 0 Å². The van der Waals surface area contributed by atoms with Gasteiger partial charge in [0.05, 0.1) is 29.2 Å². The zero-order valence-electron chi connectivity index (χ0n) is 25.5. The Morgan fingerprint density at radius 2 is 1.12 bits per heavy atom. The van der Waals surface area contributed by atoms with Crippen molar-refractivity contribution in [3.05, 3.63) is 53.6 Å². The van der Waals surface area contributed by atoms with E-state index in [1.165, 1.54) is 69.9 Å².